The van der Waals surface area contributed by atoms with Crippen LogP contribution in [0, 0.1) is 0 Å². The van der Waals surface area contributed by atoms with Crippen LogP contribution in [0.1, 0.15) is 24.5 Å². The summed E-state index contributed by atoms with van der Waals surface area (Å²) in [4.78, 5) is 25.6. The molecule has 0 saturated carbocycles. The van der Waals surface area contributed by atoms with E-state index in [2.05, 4.69) is 20.3 Å². The van der Waals surface area contributed by atoms with Crippen molar-refractivity contribution in [1.29, 1.82) is 0 Å². The van der Waals surface area contributed by atoms with Gasteiger partial charge in [-0.25, -0.2) is 9.97 Å². The number of hydrogen-bond acceptors (Lipinski definition) is 5. The number of nitrogens with one attached hydrogen (secondary N) is 2. The first-order valence-electron chi connectivity index (χ1n) is 6.93. The van der Waals surface area contributed by atoms with Gasteiger partial charge in [-0.1, -0.05) is 0 Å². The average molecular weight is 273 g/mol. The summed E-state index contributed by atoms with van der Waals surface area (Å²) >= 11 is 0. The Morgan fingerprint density at radius 2 is 2.25 bits per heavy atom. The molecule has 0 amide bonds. The number of rotatable bonds is 2. The summed E-state index contributed by atoms with van der Waals surface area (Å²) in [6.45, 7) is 1.97. The number of piperidine rings is 1. The predicted octanol–water partition coefficient (Wildman–Crippen LogP) is 0.851. The van der Waals surface area contributed by atoms with Crippen LogP contribution in [-0.2, 0) is 0 Å². The molecule has 0 aromatic carbocycles. The van der Waals surface area contributed by atoms with Crippen LogP contribution in [0.5, 0.6) is 0 Å². The van der Waals surface area contributed by atoms with Crippen LogP contribution in [-0.4, -0.2) is 42.1 Å². The smallest absolute Gasteiger partial charge is 0.259 e. The highest BCUT2D eigenvalue weighted by Crippen LogP contribution is 2.22. The first-order chi connectivity index (χ1) is 9.65. The third-order valence-electron chi connectivity index (χ3n) is 3.74. The van der Waals surface area contributed by atoms with Gasteiger partial charge < -0.3 is 15.2 Å². The van der Waals surface area contributed by atoms with Crippen molar-refractivity contribution in [2.24, 2.45) is 0 Å². The minimum Gasteiger partial charge on any atom is -0.347 e. The molecule has 1 aliphatic heterocycles. The van der Waals surface area contributed by atoms with Crippen LogP contribution in [0.15, 0.2) is 17.1 Å². The molecular formula is C14H19N5O. The number of pyridine rings is 1. The molecule has 0 aliphatic carbocycles. The maximum Gasteiger partial charge on any atom is 0.259 e. The van der Waals surface area contributed by atoms with E-state index in [1.54, 1.807) is 6.20 Å². The molecule has 6 nitrogen and oxygen atoms in total. The molecule has 0 bridgehead atoms. The highest BCUT2D eigenvalue weighted by atomic mass is 16.1. The molecule has 1 aliphatic rings. The molecule has 1 atom stereocenters. The Bertz CT molecular complexity index is 673. The molecule has 0 radical (unpaired) electrons. The van der Waals surface area contributed by atoms with Gasteiger partial charge >= 0.3 is 0 Å². The van der Waals surface area contributed by atoms with E-state index in [9.17, 15) is 4.79 Å². The summed E-state index contributed by atoms with van der Waals surface area (Å²) in [7, 11) is 3.78. The van der Waals surface area contributed by atoms with E-state index in [0.29, 0.717) is 22.8 Å². The molecule has 106 valence electrons. The van der Waals surface area contributed by atoms with E-state index in [-0.39, 0.29) is 5.56 Å². The van der Waals surface area contributed by atoms with Crippen LogP contribution in [0.25, 0.3) is 10.9 Å². The normalized spacial score (nSPS) is 19.2. The highest BCUT2D eigenvalue weighted by molar-refractivity contribution is 5.78. The van der Waals surface area contributed by atoms with Crippen LogP contribution >= 0.6 is 0 Å². The van der Waals surface area contributed by atoms with Gasteiger partial charge in [-0.3, -0.25) is 4.79 Å². The summed E-state index contributed by atoms with van der Waals surface area (Å²) in [5.41, 5.74) is 1.58. The number of anilines is 1. The molecule has 2 aromatic rings. The Labute approximate surface area is 117 Å². The molecule has 1 fully saturated rings. The predicted molar refractivity (Wildman–Crippen MR) is 79.3 cm³/mol. The van der Waals surface area contributed by atoms with Crippen molar-refractivity contribution in [3.05, 3.63) is 28.3 Å². The molecule has 20 heavy (non-hydrogen) atoms. The van der Waals surface area contributed by atoms with Crippen molar-refractivity contribution in [3.8, 4) is 0 Å². The molecule has 0 spiro atoms. The first kappa shape index (κ1) is 13.1. The number of fused-ring (bicyclic) bond motifs is 1. The number of nitrogens with zero attached hydrogens (tertiary/aromatic N) is 3. The van der Waals surface area contributed by atoms with Crippen molar-refractivity contribution in [2.75, 3.05) is 32.1 Å². The van der Waals surface area contributed by atoms with Crippen molar-refractivity contribution in [1.82, 2.24) is 20.3 Å². The summed E-state index contributed by atoms with van der Waals surface area (Å²) in [6, 6.07) is 1.99. The molecule has 3 heterocycles. The van der Waals surface area contributed by atoms with E-state index >= 15 is 0 Å². The lowest BCUT2D eigenvalue weighted by Gasteiger charge is -2.22. The lowest BCUT2D eigenvalue weighted by molar-refractivity contribution is 0.454. The molecule has 0 unspecified atom stereocenters. The minimum atomic E-state index is -0.103. The van der Waals surface area contributed by atoms with Crippen molar-refractivity contribution in [2.45, 2.75) is 18.8 Å². The third kappa shape index (κ3) is 2.38. The fourth-order valence-electron chi connectivity index (χ4n) is 2.60. The summed E-state index contributed by atoms with van der Waals surface area (Å²) in [5, 5.41) is 3.91. The van der Waals surface area contributed by atoms with Gasteiger partial charge in [0.1, 0.15) is 0 Å². The maximum atomic E-state index is 12.2. The zero-order valence-electron chi connectivity index (χ0n) is 11.8. The lowest BCUT2D eigenvalue weighted by atomic mass is 9.95. The van der Waals surface area contributed by atoms with Crippen molar-refractivity contribution >= 4 is 16.9 Å². The van der Waals surface area contributed by atoms with Gasteiger partial charge in [-0.2, -0.15) is 0 Å². The van der Waals surface area contributed by atoms with Crippen molar-refractivity contribution < 1.29 is 0 Å². The number of aromatic amines is 1. The topological polar surface area (TPSA) is 73.9 Å². The SMILES string of the molecule is CN(C)c1ncc2c(=O)[nH]c([C@@H]3CCCNC3)cc2n1. The highest BCUT2D eigenvalue weighted by Gasteiger charge is 2.17. The second-order valence-corrected chi connectivity index (χ2v) is 5.46. The largest absolute Gasteiger partial charge is 0.347 e. The van der Waals surface area contributed by atoms with Gasteiger partial charge in [0.2, 0.25) is 5.95 Å². The van der Waals surface area contributed by atoms with Gasteiger partial charge in [0, 0.05) is 38.4 Å². The Kier molecular flexibility index (Phi) is 3.40. The van der Waals surface area contributed by atoms with Gasteiger partial charge in [-0.05, 0) is 25.5 Å². The fraction of sp³-hybridized carbons (Fsp3) is 0.500. The lowest BCUT2D eigenvalue weighted by Crippen LogP contribution is -2.29. The summed E-state index contributed by atoms with van der Waals surface area (Å²) in [5.74, 6) is 0.981. The molecule has 3 rings (SSSR count). The van der Waals surface area contributed by atoms with Gasteiger partial charge in [-0.15, -0.1) is 0 Å². The van der Waals surface area contributed by atoms with Crippen LogP contribution in [0.4, 0.5) is 5.95 Å². The zero-order chi connectivity index (χ0) is 14.1. The van der Waals surface area contributed by atoms with Crippen LogP contribution < -0.4 is 15.8 Å². The van der Waals surface area contributed by atoms with Crippen LogP contribution in [0.3, 0.4) is 0 Å². The second-order valence-electron chi connectivity index (χ2n) is 5.46. The van der Waals surface area contributed by atoms with E-state index in [0.717, 1.165) is 31.6 Å². The maximum absolute atomic E-state index is 12.2. The standard InChI is InChI=1S/C14H19N5O/c1-19(2)14-16-8-10-12(18-14)6-11(17-13(10)20)9-4-3-5-15-7-9/h6,8-9,15H,3-5,7H2,1-2H3,(H,17,20)/t9-/m1/s1. The molecule has 2 aromatic heterocycles. The Morgan fingerprint density at radius 3 is 2.95 bits per heavy atom. The Hall–Kier alpha value is -1.95. The Balaban J connectivity index is 2.08. The van der Waals surface area contributed by atoms with E-state index in [1.807, 2.05) is 25.1 Å². The fourth-order valence-corrected chi connectivity index (χ4v) is 2.60. The molecule has 1 saturated heterocycles. The van der Waals surface area contributed by atoms with Gasteiger partial charge in [0.15, 0.2) is 0 Å². The second kappa shape index (κ2) is 5.20. The monoisotopic (exact) mass is 273 g/mol. The Morgan fingerprint density at radius 1 is 1.40 bits per heavy atom. The summed E-state index contributed by atoms with van der Waals surface area (Å²) < 4.78 is 0. The minimum absolute atomic E-state index is 0.103. The molecular weight excluding hydrogens is 254 g/mol. The zero-order valence-corrected chi connectivity index (χ0v) is 11.8. The van der Waals surface area contributed by atoms with E-state index < -0.39 is 0 Å². The van der Waals surface area contributed by atoms with Crippen molar-refractivity contribution in [3.63, 3.8) is 0 Å². The first-order valence-corrected chi connectivity index (χ1v) is 6.93. The van der Waals surface area contributed by atoms with Gasteiger partial charge in [0.25, 0.3) is 5.56 Å². The molecule has 6 heteroatoms. The molecule has 2 N–H and O–H groups in total. The third-order valence-corrected chi connectivity index (χ3v) is 3.74. The average Bonchev–Trinajstić information content (AvgIpc) is 2.47. The summed E-state index contributed by atoms with van der Waals surface area (Å²) in [6.07, 6.45) is 3.83. The quantitative estimate of drug-likeness (QED) is 0.848. The number of H-pyrrole nitrogens is 1. The van der Waals surface area contributed by atoms with E-state index in [1.165, 1.54) is 0 Å². The van der Waals surface area contributed by atoms with E-state index in [4.69, 9.17) is 0 Å². The number of hydrogen-bond donors (Lipinski definition) is 2. The van der Waals surface area contributed by atoms with Crippen LogP contribution in [0.2, 0.25) is 0 Å². The van der Waals surface area contributed by atoms with Gasteiger partial charge in [0.05, 0.1) is 10.9 Å². The number of aromatic nitrogens is 3.